The number of nitrogens with two attached hydrogens (primary N) is 1. The average molecular weight is 307 g/mol. The molecule has 0 saturated carbocycles. The Kier molecular flexibility index (Phi) is 3.67. The van der Waals surface area contributed by atoms with Gasteiger partial charge in [-0.25, -0.2) is 8.42 Å². The fourth-order valence-electron chi connectivity index (χ4n) is 3.15. The molecule has 3 rings (SSSR count). The Balaban J connectivity index is 2.09. The molecule has 0 radical (unpaired) electrons. The molecule has 1 aliphatic rings. The van der Waals surface area contributed by atoms with E-state index >= 15 is 0 Å². The lowest BCUT2D eigenvalue weighted by Crippen LogP contribution is -2.43. The molecule has 2 heterocycles. The number of nitrogens with zero attached hydrogens (tertiary/aromatic N) is 1. The molecule has 1 fully saturated rings. The Bertz CT molecular complexity index is 751. The summed E-state index contributed by atoms with van der Waals surface area (Å²) in [7, 11) is -3.48. The Morgan fingerprint density at radius 1 is 1.38 bits per heavy atom. The standard InChI is InChI=1S/C15H21N3O2S/c1-2-12-5-3-4-8-18(12)21(19,20)15-10-17-14-7-6-11(16)9-13(14)15/h6-7,9-10,12,17H,2-5,8,16H2,1H3. The van der Waals surface area contributed by atoms with Gasteiger partial charge in [0.2, 0.25) is 10.0 Å². The monoisotopic (exact) mass is 307 g/mol. The number of sulfonamides is 1. The van der Waals surface area contributed by atoms with Crippen molar-refractivity contribution in [2.24, 2.45) is 0 Å². The van der Waals surface area contributed by atoms with Gasteiger partial charge >= 0.3 is 0 Å². The summed E-state index contributed by atoms with van der Waals surface area (Å²) in [5.41, 5.74) is 7.18. The van der Waals surface area contributed by atoms with Gasteiger partial charge < -0.3 is 10.7 Å². The molecule has 21 heavy (non-hydrogen) atoms. The first-order valence-electron chi connectivity index (χ1n) is 7.42. The number of hydrogen-bond donors (Lipinski definition) is 2. The van der Waals surface area contributed by atoms with Crippen LogP contribution in [0.1, 0.15) is 32.6 Å². The Morgan fingerprint density at radius 2 is 2.19 bits per heavy atom. The molecule has 1 unspecified atom stereocenters. The van der Waals surface area contributed by atoms with Gasteiger partial charge in [-0.05, 0) is 37.5 Å². The predicted octanol–water partition coefficient (Wildman–Crippen LogP) is 2.70. The van der Waals surface area contributed by atoms with Gasteiger partial charge in [0, 0.05) is 35.4 Å². The molecule has 0 bridgehead atoms. The predicted molar refractivity (Wildman–Crippen MR) is 84.5 cm³/mol. The van der Waals surface area contributed by atoms with Crippen LogP contribution < -0.4 is 5.73 Å². The fraction of sp³-hybridized carbons (Fsp3) is 0.467. The first-order valence-corrected chi connectivity index (χ1v) is 8.86. The van der Waals surface area contributed by atoms with Crippen LogP contribution in [0.5, 0.6) is 0 Å². The molecular weight excluding hydrogens is 286 g/mol. The lowest BCUT2D eigenvalue weighted by molar-refractivity contribution is 0.247. The molecule has 3 N–H and O–H groups in total. The van der Waals surface area contributed by atoms with Crippen molar-refractivity contribution < 1.29 is 8.42 Å². The van der Waals surface area contributed by atoms with Crippen molar-refractivity contribution in [1.82, 2.24) is 9.29 Å². The molecule has 1 aromatic heterocycles. The van der Waals surface area contributed by atoms with Crippen molar-refractivity contribution in [1.29, 1.82) is 0 Å². The quantitative estimate of drug-likeness (QED) is 0.856. The number of piperidine rings is 1. The van der Waals surface area contributed by atoms with Crippen molar-refractivity contribution in [2.45, 2.75) is 43.5 Å². The van der Waals surface area contributed by atoms with Gasteiger partial charge in [-0.2, -0.15) is 4.31 Å². The van der Waals surface area contributed by atoms with E-state index < -0.39 is 10.0 Å². The molecular formula is C15H21N3O2S. The van der Waals surface area contributed by atoms with Gasteiger partial charge in [-0.15, -0.1) is 0 Å². The van der Waals surface area contributed by atoms with E-state index in [0.717, 1.165) is 31.2 Å². The van der Waals surface area contributed by atoms with Crippen LogP contribution in [-0.2, 0) is 10.0 Å². The maximum absolute atomic E-state index is 13.0. The number of nitrogen functional groups attached to an aromatic ring is 1. The van der Waals surface area contributed by atoms with Gasteiger partial charge in [-0.3, -0.25) is 0 Å². The number of aromatic amines is 1. The van der Waals surface area contributed by atoms with E-state index in [1.54, 1.807) is 22.6 Å². The minimum atomic E-state index is -3.48. The van der Waals surface area contributed by atoms with Gasteiger partial charge in [0.25, 0.3) is 0 Å². The maximum atomic E-state index is 13.0. The van der Waals surface area contributed by atoms with Crippen LogP contribution in [0.4, 0.5) is 5.69 Å². The average Bonchev–Trinajstić information content (AvgIpc) is 2.90. The second-order valence-corrected chi connectivity index (χ2v) is 7.49. The van der Waals surface area contributed by atoms with E-state index in [1.807, 2.05) is 13.0 Å². The van der Waals surface area contributed by atoms with Crippen LogP contribution in [0.25, 0.3) is 10.9 Å². The smallest absolute Gasteiger partial charge is 0.245 e. The van der Waals surface area contributed by atoms with Gasteiger partial charge in [0.1, 0.15) is 4.90 Å². The highest BCUT2D eigenvalue weighted by Crippen LogP contribution is 2.31. The van der Waals surface area contributed by atoms with Gasteiger partial charge in [0.05, 0.1) is 0 Å². The summed E-state index contributed by atoms with van der Waals surface area (Å²) < 4.78 is 27.7. The molecule has 114 valence electrons. The third-order valence-electron chi connectivity index (χ3n) is 4.30. The number of benzene rings is 1. The van der Waals surface area contributed by atoms with Crippen molar-refractivity contribution >= 4 is 26.6 Å². The zero-order chi connectivity index (χ0) is 15.0. The fourth-order valence-corrected chi connectivity index (χ4v) is 5.07. The molecule has 2 aromatic rings. The summed E-state index contributed by atoms with van der Waals surface area (Å²) in [6, 6.07) is 5.42. The van der Waals surface area contributed by atoms with Crippen molar-refractivity contribution in [2.75, 3.05) is 12.3 Å². The van der Waals surface area contributed by atoms with Crippen molar-refractivity contribution in [3.8, 4) is 0 Å². The van der Waals surface area contributed by atoms with E-state index in [1.165, 1.54) is 0 Å². The Labute approximate surface area is 125 Å². The number of anilines is 1. The molecule has 1 aliphatic heterocycles. The molecule has 0 aliphatic carbocycles. The largest absolute Gasteiger partial charge is 0.399 e. The molecule has 0 spiro atoms. The van der Waals surface area contributed by atoms with Crippen molar-refractivity contribution in [3.05, 3.63) is 24.4 Å². The Hall–Kier alpha value is -1.53. The maximum Gasteiger partial charge on any atom is 0.245 e. The highest BCUT2D eigenvalue weighted by atomic mass is 32.2. The van der Waals surface area contributed by atoms with Crippen LogP contribution in [0, 0.1) is 0 Å². The number of hydrogen-bond acceptors (Lipinski definition) is 3. The summed E-state index contributed by atoms with van der Waals surface area (Å²) in [4.78, 5) is 3.37. The van der Waals surface area contributed by atoms with E-state index in [2.05, 4.69) is 4.98 Å². The summed E-state index contributed by atoms with van der Waals surface area (Å²) in [6.45, 7) is 2.65. The summed E-state index contributed by atoms with van der Waals surface area (Å²) in [5.74, 6) is 0. The molecule has 6 heteroatoms. The number of rotatable bonds is 3. The normalized spacial score (nSPS) is 20.9. The first kappa shape index (κ1) is 14.4. The highest BCUT2D eigenvalue weighted by molar-refractivity contribution is 7.89. The van der Waals surface area contributed by atoms with Gasteiger partial charge in [-0.1, -0.05) is 13.3 Å². The lowest BCUT2D eigenvalue weighted by Gasteiger charge is -2.33. The van der Waals surface area contributed by atoms with E-state index in [4.69, 9.17) is 5.73 Å². The van der Waals surface area contributed by atoms with Gasteiger partial charge in [0.15, 0.2) is 0 Å². The second-order valence-electron chi connectivity index (χ2n) is 5.63. The SMILES string of the molecule is CCC1CCCCN1S(=O)(=O)c1c[nH]c2ccc(N)cc12. The van der Waals surface area contributed by atoms with E-state index in [9.17, 15) is 8.42 Å². The second kappa shape index (κ2) is 5.35. The number of aromatic nitrogens is 1. The van der Waals surface area contributed by atoms with Crippen LogP contribution in [-0.4, -0.2) is 30.3 Å². The van der Waals surface area contributed by atoms with E-state index in [-0.39, 0.29) is 6.04 Å². The van der Waals surface area contributed by atoms with Crippen LogP contribution >= 0.6 is 0 Å². The minimum Gasteiger partial charge on any atom is -0.399 e. The molecule has 5 nitrogen and oxygen atoms in total. The first-order chi connectivity index (χ1) is 10.0. The highest BCUT2D eigenvalue weighted by Gasteiger charge is 2.33. The zero-order valence-corrected chi connectivity index (χ0v) is 13.0. The number of fused-ring (bicyclic) bond motifs is 1. The van der Waals surface area contributed by atoms with Crippen molar-refractivity contribution in [3.63, 3.8) is 0 Å². The zero-order valence-electron chi connectivity index (χ0n) is 12.2. The minimum absolute atomic E-state index is 0.106. The van der Waals surface area contributed by atoms with E-state index in [0.29, 0.717) is 22.5 Å². The summed E-state index contributed by atoms with van der Waals surface area (Å²) in [5, 5.41) is 0.676. The van der Waals surface area contributed by atoms with Crippen LogP contribution in [0.3, 0.4) is 0 Å². The third kappa shape index (κ3) is 2.42. The molecule has 0 amide bonds. The summed E-state index contributed by atoms with van der Waals surface area (Å²) in [6.07, 6.45) is 5.41. The lowest BCUT2D eigenvalue weighted by atomic mass is 10.0. The van der Waals surface area contributed by atoms with Crippen LogP contribution in [0.2, 0.25) is 0 Å². The molecule has 1 saturated heterocycles. The molecule has 1 atom stereocenters. The third-order valence-corrected chi connectivity index (χ3v) is 6.29. The topological polar surface area (TPSA) is 79.2 Å². The number of nitrogens with one attached hydrogen (secondary N) is 1. The number of H-pyrrole nitrogens is 1. The summed E-state index contributed by atoms with van der Waals surface area (Å²) >= 11 is 0. The van der Waals surface area contributed by atoms with Crippen LogP contribution in [0.15, 0.2) is 29.3 Å². The Morgan fingerprint density at radius 3 is 2.95 bits per heavy atom. The molecule has 1 aromatic carbocycles.